The van der Waals surface area contributed by atoms with Crippen molar-refractivity contribution >= 4 is 40.0 Å². The molecular formula is C31H28ClFN4O4. The Balaban J connectivity index is 1.31. The van der Waals surface area contributed by atoms with Crippen molar-refractivity contribution in [2.75, 3.05) is 5.32 Å². The summed E-state index contributed by atoms with van der Waals surface area (Å²) in [6.45, 7) is 2.45. The van der Waals surface area contributed by atoms with Gasteiger partial charge >= 0.3 is 5.97 Å². The minimum absolute atomic E-state index is 0.188. The van der Waals surface area contributed by atoms with Crippen molar-refractivity contribution in [2.45, 2.75) is 39.0 Å². The topological polar surface area (TPSA) is 110 Å². The van der Waals surface area contributed by atoms with E-state index in [1.165, 1.54) is 18.5 Å². The summed E-state index contributed by atoms with van der Waals surface area (Å²) >= 11 is 6.48. The van der Waals surface area contributed by atoms with Gasteiger partial charge in [-0.25, -0.2) is 14.4 Å². The number of furan rings is 1. The second kappa shape index (κ2) is 12.8. The number of anilines is 2. The molecule has 8 nitrogen and oxygen atoms in total. The monoisotopic (exact) mass is 574 g/mol. The molecule has 0 saturated carbocycles. The SMILES string of the molecule is CCCC(NCc1ccc(-c2ccc3ncnc(Nc4ccc(OCc5cccc(F)c5)c(Cl)c4)c3c2)o1)C(=O)O. The standard InChI is InChI=1S/C31H28ClFN4O4/c1-2-4-27(31(38)39)34-16-23-9-12-28(41-23)20-7-10-26-24(14-20)30(36-18-35-26)37-22-8-11-29(25(32)15-22)40-17-19-5-3-6-21(33)13-19/h3,5-15,18,27,34H,2,4,16-17H2,1H3,(H,38,39)(H,35,36,37). The van der Waals surface area contributed by atoms with Crippen LogP contribution in [-0.2, 0) is 17.9 Å². The van der Waals surface area contributed by atoms with Crippen molar-refractivity contribution in [3.63, 3.8) is 0 Å². The number of aromatic nitrogens is 2. The van der Waals surface area contributed by atoms with Gasteiger partial charge in [-0.3, -0.25) is 10.1 Å². The Morgan fingerprint density at radius 2 is 1.98 bits per heavy atom. The van der Waals surface area contributed by atoms with E-state index >= 15 is 0 Å². The smallest absolute Gasteiger partial charge is 0.320 e. The Bertz CT molecular complexity index is 1680. The fourth-order valence-electron chi connectivity index (χ4n) is 4.38. The van der Waals surface area contributed by atoms with Gasteiger partial charge in [0.1, 0.15) is 47.9 Å². The molecule has 0 radical (unpaired) electrons. The van der Waals surface area contributed by atoms with Gasteiger partial charge in [0, 0.05) is 16.6 Å². The number of carboxylic acids is 1. The predicted octanol–water partition coefficient (Wildman–Crippen LogP) is 7.35. The van der Waals surface area contributed by atoms with Gasteiger partial charge in [-0.15, -0.1) is 0 Å². The lowest BCUT2D eigenvalue weighted by Gasteiger charge is -2.12. The largest absolute Gasteiger partial charge is 0.487 e. The second-order valence-corrected chi connectivity index (χ2v) is 9.88. The number of carboxylic acid groups (broad SMARTS) is 1. The molecule has 5 rings (SSSR count). The number of benzene rings is 3. The molecule has 10 heteroatoms. The zero-order chi connectivity index (χ0) is 28.8. The normalized spacial score (nSPS) is 11.9. The molecule has 0 amide bonds. The lowest BCUT2D eigenvalue weighted by molar-refractivity contribution is -0.139. The van der Waals surface area contributed by atoms with Crippen LogP contribution >= 0.6 is 11.6 Å². The third kappa shape index (κ3) is 7.00. The molecule has 0 saturated heterocycles. The lowest BCUT2D eigenvalue weighted by Crippen LogP contribution is -2.35. The number of nitrogens with one attached hydrogen (secondary N) is 2. The van der Waals surface area contributed by atoms with Gasteiger partial charge in [0.25, 0.3) is 0 Å². The van der Waals surface area contributed by atoms with Crippen LogP contribution < -0.4 is 15.4 Å². The van der Waals surface area contributed by atoms with Crippen LogP contribution in [0.5, 0.6) is 5.75 Å². The van der Waals surface area contributed by atoms with Crippen molar-refractivity contribution in [1.29, 1.82) is 0 Å². The molecule has 1 atom stereocenters. The van der Waals surface area contributed by atoms with Crippen molar-refractivity contribution < 1.29 is 23.4 Å². The highest BCUT2D eigenvalue weighted by Crippen LogP contribution is 2.33. The maximum atomic E-state index is 13.4. The van der Waals surface area contributed by atoms with Crippen LogP contribution in [0.2, 0.25) is 5.02 Å². The third-order valence-electron chi connectivity index (χ3n) is 6.46. The molecule has 1 unspecified atom stereocenters. The Labute approximate surface area is 241 Å². The van der Waals surface area contributed by atoms with E-state index in [0.717, 1.165) is 22.9 Å². The number of halogens is 2. The number of fused-ring (bicyclic) bond motifs is 1. The maximum absolute atomic E-state index is 13.4. The maximum Gasteiger partial charge on any atom is 0.320 e. The Morgan fingerprint density at radius 3 is 2.76 bits per heavy atom. The quantitative estimate of drug-likeness (QED) is 0.142. The zero-order valence-electron chi connectivity index (χ0n) is 22.2. The summed E-state index contributed by atoms with van der Waals surface area (Å²) in [6.07, 6.45) is 2.79. The molecule has 3 N–H and O–H groups in total. The highest BCUT2D eigenvalue weighted by atomic mass is 35.5. The molecule has 0 spiro atoms. The van der Waals surface area contributed by atoms with Gasteiger partial charge in [-0.2, -0.15) is 0 Å². The van der Waals surface area contributed by atoms with Gasteiger partial charge in [0.15, 0.2) is 0 Å². The summed E-state index contributed by atoms with van der Waals surface area (Å²) in [5, 5.41) is 16.9. The molecule has 0 fully saturated rings. The number of nitrogens with zero attached hydrogens (tertiary/aromatic N) is 2. The van der Waals surface area contributed by atoms with Crippen LogP contribution in [0, 0.1) is 5.82 Å². The van der Waals surface area contributed by atoms with E-state index < -0.39 is 12.0 Å². The highest BCUT2D eigenvalue weighted by molar-refractivity contribution is 6.32. The zero-order valence-corrected chi connectivity index (χ0v) is 23.0. The van der Waals surface area contributed by atoms with E-state index in [0.29, 0.717) is 52.3 Å². The van der Waals surface area contributed by atoms with Gasteiger partial charge in [0.2, 0.25) is 0 Å². The molecular weight excluding hydrogens is 547 g/mol. The Hall–Kier alpha value is -4.47. The van der Waals surface area contributed by atoms with E-state index in [9.17, 15) is 14.3 Å². The van der Waals surface area contributed by atoms with Gasteiger partial charge in [0.05, 0.1) is 17.1 Å². The van der Waals surface area contributed by atoms with E-state index in [-0.39, 0.29) is 12.4 Å². The van der Waals surface area contributed by atoms with E-state index in [4.69, 9.17) is 20.8 Å². The van der Waals surface area contributed by atoms with E-state index in [1.807, 2.05) is 43.3 Å². The highest BCUT2D eigenvalue weighted by Gasteiger charge is 2.16. The Kier molecular flexibility index (Phi) is 8.76. The average molecular weight is 575 g/mol. The Morgan fingerprint density at radius 1 is 1.10 bits per heavy atom. The summed E-state index contributed by atoms with van der Waals surface area (Å²) in [4.78, 5) is 20.2. The molecule has 0 bridgehead atoms. The number of hydrogen-bond donors (Lipinski definition) is 3. The minimum Gasteiger partial charge on any atom is -0.487 e. The first-order valence-corrected chi connectivity index (χ1v) is 13.5. The van der Waals surface area contributed by atoms with Crippen LogP contribution in [0.4, 0.5) is 15.9 Å². The van der Waals surface area contributed by atoms with Gasteiger partial charge in [-0.1, -0.05) is 37.1 Å². The van der Waals surface area contributed by atoms with E-state index in [1.54, 1.807) is 24.3 Å². The van der Waals surface area contributed by atoms with Gasteiger partial charge < -0.3 is 19.6 Å². The molecule has 210 valence electrons. The molecule has 2 heterocycles. The van der Waals surface area contributed by atoms with Crippen molar-refractivity contribution in [2.24, 2.45) is 0 Å². The number of hydrogen-bond acceptors (Lipinski definition) is 7. The van der Waals surface area contributed by atoms with Crippen LogP contribution in [0.15, 0.2) is 83.5 Å². The first-order chi connectivity index (χ1) is 19.9. The number of carbonyl (C=O) groups is 1. The summed E-state index contributed by atoms with van der Waals surface area (Å²) < 4.78 is 25.2. The third-order valence-corrected chi connectivity index (χ3v) is 6.75. The van der Waals surface area contributed by atoms with Crippen molar-refractivity contribution in [3.05, 3.63) is 101 Å². The summed E-state index contributed by atoms with van der Waals surface area (Å²) in [5.41, 5.74) is 2.96. The fraction of sp³-hybridized carbons (Fsp3) is 0.194. The fourth-order valence-corrected chi connectivity index (χ4v) is 4.62. The van der Waals surface area contributed by atoms with Crippen LogP contribution in [0.3, 0.4) is 0 Å². The van der Waals surface area contributed by atoms with Crippen molar-refractivity contribution in [1.82, 2.24) is 15.3 Å². The lowest BCUT2D eigenvalue weighted by atomic mass is 10.1. The predicted molar refractivity (Wildman–Crippen MR) is 156 cm³/mol. The number of rotatable bonds is 12. The molecule has 3 aromatic carbocycles. The molecule has 0 aliphatic heterocycles. The van der Waals surface area contributed by atoms with E-state index in [2.05, 4.69) is 20.6 Å². The van der Waals surface area contributed by atoms with Crippen molar-refractivity contribution in [3.8, 4) is 17.1 Å². The molecule has 5 aromatic rings. The summed E-state index contributed by atoms with van der Waals surface area (Å²) in [7, 11) is 0. The van der Waals surface area contributed by atoms with Crippen LogP contribution in [0.1, 0.15) is 31.1 Å². The second-order valence-electron chi connectivity index (χ2n) is 9.47. The molecule has 0 aliphatic carbocycles. The first kappa shape index (κ1) is 28.1. The number of aliphatic carboxylic acids is 1. The van der Waals surface area contributed by atoms with Gasteiger partial charge in [-0.05, 0) is 72.6 Å². The molecule has 41 heavy (non-hydrogen) atoms. The number of ether oxygens (including phenoxy) is 1. The molecule has 2 aromatic heterocycles. The minimum atomic E-state index is -0.875. The van der Waals surface area contributed by atoms with Crippen LogP contribution in [-0.4, -0.2) is 27.1 Å². The first-order valence-electron chi connectivity index (χ1n) is 13.1. The molecule has 0 aliphatic rings. The average Bonchev–Trinajstić information content (AvgIpc) is 3.44. The summed E-state index contributed by atoms with van der Waals surface area (Å²) in [5.74, 6) is 1.14. The van der Waals surface area contributed by atoms with Crippen LogP contribution in [0.25, 0.3) is 22.2 Å². The summed E-state index contributed by atoms with van der Waals surface area (Å²) in [6, 6.07) is 20.3.